The number of anilines is 2. The van der Waals surface area contributed by atoms with Crippen molar-refractivity contribution in [1.29, 1.82) is 0 Å². The van der Waals surface area contributed by atoms with Gasteiger partial charge in [-0.1, -0.05) is 0 Å². The number of hydrogen-bond acceptors (Lipinski definition) is 4. The Morgan fingerprint density at radius 1 is 1.21 bits per heavy atom. The van der Waals surface area contributed by atoms with Crippen molar-refractivity contribution < 1.29 is 9.53 Å². The van der Waals surface area contributed by atoms with E-state index in [1.54, 1.807) is 11.3 Å². The highest BCUT2D eigenvalue weighted by molar-refractivity contribution is 7.16. The quantitative estimate of drug-likeness (QED) is 0.602. The normalized spacial score (nSPS) is 12.6. The molecule has 0 radical (unpaired) electrons. The number of benzene rings is 1. The summed E-state index contributed by atoms with van der Waals surface area (Å²) < 4.78 is 7.56. The van der Waals surface area contributed by atoms with Crippen LogP contribution in [-0.2, 0) is 26.4 Å². The van der Waals surface area contributed by atoms with Gasteiger partial charge < -0.3 is 19.9 Å². The van der Waals surface area contributed by atoms with Gasteiger partial charge in [-0.3, -0.25) is 4.79 Å². The zero-order chi connectivity index (χ0) is 19.5. The largest absolute Gasteiger partial charge is 0.494 e. The van der Waals surface area contributed by atoms with E-state index in [1.165, 1.54) is 16.1 Å². The molecule has 0 saturated heterocycles. The number of hydrogen-bond donors (Lipinski definition) is 2. The molecule has 3 aromatic rings. The number of thiophene rings is 1. The van der Waals surface area contributed by atoms with Crippen LogP contribution >= 0.6 is 11.3 Å². The highest BCUT2D eigenvalue weighted by Crippen LogP contribution is 2.39. The van der Waals surface area contributed by atoms with Crippen molar-refractivity contribution in [2.24, 2.45) is 7.05 Å². The third kappa shape index (κ3) is 3.78. The van der Waals surface area contributed by atoms with Crippen molar-refractivity contribution in [2.75, 3.05) is 17.2 Å². The summed E-state index contributed by atoms with van der Waals surface area (Å²) in [5, 5.41) is 7.52. The molecule has 28 heavy (non-hydrogen) atoms. The molecule has 0 atom stereocenters. The molecule has 0 fully saturated rings. The molecule has 1 amide bonds. The SMILES string of the molecule is CCOc1ccc(NC(=O)c2c(NCc3cccn3C)sc3c2CCC3)cc1. The van der Waals surface area contributed by atoms with Crippen LogP contribution < -0.4 is 15.4 Å². The summed E-state index contributed by atoms with van der Waals surface area (Å²) in [7, 11) is 2.03. The van der Waals surface area contributed by atoms with Gasteiger partial charge in [-0.15, -0.1) is 11.3 Å². The first kappa shape index (κ1) is 18.6. The molecule has 0 saturated carbocycles. The Morgan fingerprint density at radius 3 is 2.75 bits per heavy atom. The van der Waals surface area contributed by atoms with Gasteiger partial charge in [0.1, 0.15) is 10.8 Å². The highest BCUT2D eigenvalue weighted by atomic mass is 32.1. The van der Waals surface area contributed by atoms with Gasteiger partial charge in [-0.25, -0.2) is 0 Å². The van der Waals surface area contributed by atoms with E-state index in [0.29, 0.717) is 13.2 Å². The molecule has 1 aliphatic carbocycles. The Labute approximate surface area is 169 Å². The molecule has 6 heteroatoms. The monoisotopic (exact) mass is 395 g/mol. The van der Waals surface area contributed by atoms with Crippen LogP contribution in [0.2, 0.25) is 0 Å². The molecule has 0 spiro atoms. The number of nitrogens with zero attached hydrogens (tertiary/aromatic N) is 1. The Kier molecular flexibility index (Phi) is 5.39. The molecule has 1 aliphatic rings. The lowest BCUT2D eigenvalue weighted by Gasteiger charge is -2.11. The summed E-state index contributed by atoms with van der Waals surface area (Å²) in [6, 6.07) is 11.6. The summed E-state index contributed by atoms with van der Waals surface area (Å²) in [4.78, 5) is 14.5. The number of fused-ring (bicyclic) bond motifs is 1. The molecular formula is C22H25N3O2S. The van der Waals surface area contributed by atoms with Crippen molar-refractivity contribution >= 4 is 27.9 Å². The van der Waals surface area contributed by atoms with Gasteiger partial charge in [-0.2, -0.15) is 0 Å². The van der Waals surface area contributed by atoms with E-state index in [9.17, 15) is 4.79 Å². The topological polar surface area (TPSA) is 55.3 Å². The molecule has 0 bridgehead atoms. The molecule has 0 unspecified atom stereocenters. The van der Waals surface area contributed by atoms with Crippen LogP contribution in [0.3, 0.4) is 0 Å². The second-order valence-corrected chi connectivity index (χ2v) is 8.04. The highest BCUT2D eigenvalue weighted by Gasteiger charge is 2.26. The molecule has 146 valence electrons. The van der Waals surface area contributed by atoms with Gasteiger partial charge in [0.05, 0.1) is 18.7 Å². The summed E-state index contributed by atoms with van der Waals surface area (Å²) in [6.45, 7) is 3.28. The predicted molar refractivity (Wildman–Crippen MR) is 115 cm³/mol. The van der Waals surface area contributed by atoms with Crippen LogP contribution in [0.15, 0.2) is 42.6 Å². The van der Waals surface area contributed by atoms with E-state index >= 15 is 0 Å². The minimum absolute atomic E-state index is 0.0436. The summed E-state index contributed by atoms with van der Waals surface area (Å²) in [6.07, 6.45) is 5.20. The van der Waals surface area contributed by atoms with E-state index in [2.05, 4.69) is 21.3 Å². The van der Waals surface area contributed by atoms with E-state index in [4.69, 9.17) is 4.74 Å². The van der Waals surface area contributed by atoms with Gasteiger partial charge >= 0.3 is 0 Å². The third-order valence-corrected chi connectivity index (χ3v) is 6.30. The molecule has 4 rings (SSSR count). The fourth-order valence-corrected chi connectivity index (χ4v) is 4.90. The average molecular weight is 396 g/mol. The number of amides is 1. The number of nitrogens with one attached hydrogen (secondary N) is 2. The van der Waals surface area contributed by atoms with Crippen LogP contribution in [0.1, 0.15) is 39.8 Å². The van der Waals surface area contributed by atoms with Crippen LogP contribution in [0.5, 0.6) is 5.75 Å². The number of rotatable bonds is 7. The molecule has 2 N–H and O–H groups in total. The third-order valence-electron chi connectivity index (χ3n) is 5.05. The number of carbonyl (C=O) groups excluding carboxylic acids is 1. The van der Waals surface area contributed by atoms with Crippen LogP contribution in [0, 0.1) is 0 Å². The van der Waals surface area contributed by atoms with E-state index < -0.39 is 0 Å². The van der Waals surface area contributed by atoms with Gasteiger partial charge in [0.2, 0.25) is 0 Å². The lowest BCUT2D eigenvalue weighted by Crippen LogP contribution is -2.15. The number of aromatic nitrogens is 1. The molecule has 2 aromatic heterocycles. The van der Waals surface area contributed by atoms with Crippen molar-refractivity contribution in [3.05, 3.63) is 64.3 Å². The summed E-state index contributed by atoms with van der Waals surface area (Å²) in [5.74, 6) is 0.764. The van der Waals surface area contributed by atoms with Gasteiger partial charge in [0.25, 0.3) is 5.91 Å². The minimum atomic E-state index is -0.0436. The summed E-state index contributed by atoms with van der Waals surface area (Å²) >= 11 is 1.72. The Balaban J connectivity index is 1.53. The van der Waals surface area contributed by atoms with Crippen molar-refractivity contribution in [1.82, 2.24) is 4.57 Å². The maximum Gasteiger partial charge on any atom is 0.258 e. The lowest BCUT2D eigenvalue weighted by atomic mass is 10.1. The average Bonchev–Trinajstić information content (AvgIpc) is 3.37. The minimum Gasteiger partial charge on any atom is -0.494 e. The maximum absolute atomic E-state index is 13.1. The fraction of sp³-hybridized carbons (Fsp3) is 0.318. The number of carbonyl (C=O) groups is 1. The van der Waals surface area contributed by atoms with E-state index in [-0.39, 0.29) is 5.91 Å². The predicted octanol–water partition coefficient (Wildman–Crippen LogP) is 4.84. The molecule has 0 aliphatic heterocycles. The smallest absolute Gasteiger partial charge is 0.258 e. The second kappa shape index (κ2) is 8.10. The molecule has 1 aromatic carbocycles. The van der Waals surface area contributed by atoms with Crippen LogP contribution in [0.4, 0.5) is 10.7 Å². The van der Waals surface area contributed by atoms with Crippen LogP contribution in [-0.4, -0.2) is 17.1 Å². The maximum atomic E-state index is 13.1. The van der Waals surface area contributed by atoms with Crippen molar-refractivity contribution in [3.8, 4) is 5.75 Å². The van der Waals surface area contributed by atoms with Gasteiger partial charge in [0.15, 0.2) is 0 Å². The Hall–Kier alpha value is -2.73. The van der Waals surface area contributed by atoms with E-state index in [0.717, 1.165) is 41.3 Å². The lowest BCUT2D eigenvalue weighted by molar-refractivity contribution is 0.102. The first-order chi connectivity index (χ1) is 13.7. The molecule has 2 heterocycles. The summed E-state index contributed by atoms with van der Waals surface area (Å²) in [5.41, 5.74) is 3.98. The second-order valence-electron chi connectivity index (χ2n) is 6.94. The molecule has 5 nitrogen and oxygen atoms in total. The Bertz CT molecular complexity index is 972. The first-order valence-electron chi connectivity index (χ1n) is 9.68. The first-order valence-corrected chi connectivity index (χ1v) is 10.5. The van der Waals surface area contributed by atoms with Crippen molar-refractivity contribution in [2.45, 2.75) is 32.7 Å². The number of ether oxygens (including phenoxy) is 1. The standard InChI is InChI=1S/C22H25N3O2S/c1-3-27-17-11-9-15(10-12-17)24-21(26)20-18-7-4-8-19(18)28-22(20)23-14-16-6-5-13-25(16)2/h5-6,9-13,23H,3-4,7-8,14H2,1-2H3,(H,24,26). The zero-order valence-electron chi connectivity index (χ0n) is 16.2. The van der Waals surface area contributed by atoms with Gasteiger partial charge in [-0.05, 0) is 68.1 Å². The fourth-order valence-electron chi connectivity index (χ4n) is 3.61. The van der Waals surface area contributed by atoms with Crippen LogP contribution in [0.25, 0.3) is 0 Å². The van der Waals surface area contributed by atoms with E-state index in [1.807, 2.05) is 50.5 Å². The van der Waals surface area contributed by atoms with Crippen molar-refractivity contribution in [3.63, 3.8) is 0 Å². The van der Waals surface area contributed by atoms with Gasteiger partial charge in [0, 0.05) is 29.5 Å². The number of aryl methyl sites for hydroxylation is 2. The Morgan fingerprint density at radius 2 is 2.04 bits per heavy atom. The zero-order valence-corrected chi connectivity index (χ0v) is 17.1. The molecular weight excluding hydrogens is 370 g/mol.